The highest BCUT2D eigenvalue weighted by atomic mass is 16.3. The van der Waals surface area contributed by atoms with Gasteiger partial charge in [-0.05, 0) is 57.1 Å². The van der Waals surface area contributed by atoms with Crippen molar-refractivity contribution in [3.8, 4) is 11.8 Å². The number of benzene rings is 1. The first-order valence-corrected chi connectivity index (χ1v) is 11.1. The van der Waals surface area contributed by atoms with Crippen LogP contribution in [0.2, 0.25) is 0 Å². The molecule has 4 aliphatic rings. The Balaban J connectivity index is 1.37. The quantitative estimate of drug-likeness (QED) is 0.704. The van der Waals surface area contributed by atoms with Gasteiger partial charge in [-0.3, -0.25) is 0 Å². The number of aliphatic hydroxyl groups is 1. The zero-order chi connectivity index (χ0) is 21.4. The Hall–Kier alpha value is -2.98. The van der Waals surface area contributed by atoms with Gasteiger partial charge in [0.1, 0.15) is 0 Å². The first kappa shape index (κ1) is 18.8. The molecule has 0 radical (unpaired) electrons. The summed E-state index contributed by atoms with van der Waals surface area (Å²) in [7, 11) is 0. The van der Waals surface area contributed by atoms with Crippen LogP contribution in [0.15, 0.2) is 36.7 Å². The molecule has 2 aromatic heterocycles. The van der Waals surface area contributed by atoms with Crippen molar-refractivity contribution in [2.24, 2.45) is 11.8 Å². The van der Waals surface area contributed by atoms with E-state index in [-0.39, 0.29) is 11.3 Å². The van der Waals surface area contributed by atoms with Crippen molar-refractivity contribution in [3.05, 3.63) is 42.2 Å². The summed E-state index contributed by atoms with van der Waals surface area (Å²) in [5, 5.41) is 34.6. The monoisotopic (exact) mass is 414 g/mol. The molecule has 2 saturated carbocycles. The lowest BCUT2D eigenvalue weighted by Gasteiger charge is -2.44. The zero-order valence-electron chi connectivity index (χ0n) is 17.9. The third-order valence-corrected chi connectivity index (χ3v) is 7.82. The molecule has 1 N–H and O–H groups in total. The molecular formula is C24H26N6O. The van der Waals surface area contributed by atoms with Crippen molar-refractivity contribution in [3.63, 3.8) is 0 Å². The molecule has 1 aromatic carbocycles. The highest BCUT2D eigenvalue weighted by molar-refractivity contribution is 5.81. The van der Waals surface area contributed by atoms with E-state index in [1.54, 1.807) is 6.20 Å². The van der Waals surface area contributed by atoms with Crippen LogP contribution in [0.3, 0.4) is 0 Å². The van der Waals surface area contributed by atoms with Gasteiger partial charge in [0.05, 0.1) is 40.7 Å². The predicted octanol–water partition coefficient (Wildman–Crippen LogP) is 3.36. The maximum atomic E-state index is 10.5. The van der Waals surface area contributed by atoms with Crippen molar-refractivity contribution in [2.75, 3.05) is 11.4 Å². The minimum Gasteiger partial charge on any atom is -0.390 e. The van der Waals surface area contributed by atoms with Crippen molar-refractivity contribution in [1.82, 2.24) is 20.0 Å². The molecule has 4 heterocycles. The summed E-state index contributed by atoms with van der Waals surface area (Å²) >= 11 is 0. The number of rotatable bonds is 4. The van der Waals surface area contributed by atoms with Crippen molar-refractivity contribution >= 4 is 16.7 Å². The Morgan fingerprint density at radius 2 is 2.06 bits per heavy atom. The number of aromatic nitrogens is 4. The van der Waals surface area contributed by atoms with Crippen LogP contribution in [-0.2, 0) is 5.41 Å². The number of hydrogen-bond acceptors (Lipinski definition) is 6. The molecule has 158 valence electrons. The lowest BCUT2D eigenvalue weighted by atomic mass is 9.65. The third kappa shape index (κ3) is 2.64. The SMILES string of the molecule is CC(C)(O)C1C2CC1N(c1cc(-n3ncc4ccc(C5(C#N)CCC5)cc43)cnn1)C2. The fourth-order valence-corrected chi connectivity index (χ4v) is 6.05. The highest BCUT2D eigenvalue weighted by Crippen LogP contribution is 2.52. The van der Waals surface area contributed by atoms with Gasteiger partial charge in [-0.15, -0.1) is 5.10 Å². The van der Waals surface area contributed by atoms with Crippen LogP contribution >= 0.6 is 0 Å². The van der Waals surface area contributed by atoms with Crippen LogP contribution in [-0.4, -0.2) is 43.3 Å². The number of nitriles is 1. The summed E-state index contributed by atoms with van der Waals surface area (Å²) < 4.78 is 1.90. The Bertz CT molecular complexity index is 1210. The van der Waals surface area contributed by atoms with E-state index in [0.29, 0.717) is 12.0 Å². The normalized spacial score (nSPS) is 26.4. The summed E-state index contributed by atoms with van der Waals surface area (Å²) in [5.74, 6) is 1.62. The van der Waals surface area contributed by atoms with Gasteiger partial charge < -0.3 is 10.0 Å². The van der Waals surface area contributed by atoms with Crippen LogP contribution in [0.4, 0.5) is 5.82 Å². The predicted molar refractivity (Wildman–Crippen MR) is 117 cm³/mol. The summed E-state index contributed by atoms with van der Waals surface area (Å²) in [6, 6.07) is 11.1. The van der Waals surface area contributed by atoms with Crippen molar-refractivity contribution in [2.45, 2.75) is 56.6 Å². The molecule has 3 aromatic rings. The number of fused-ring (bicyclic) bond motifs is 2. The molecule has 3 atom stereocenters. The molecule has 7 rings (SSSR count). The maximum Gasteiger partial charge on any atom is 0.153 e. The van der Waals surface area contributed by atoms with Gasteiger partial charge in [-0.2, -0.15) is 15.5 Å². The lowest BCUT2D eigenvalue weighted by molar-refractivity contribution is -0.0422. The summed E-state index contributed by atoms with van der Waals surface area (Å²) in [4.78, 5) is 2.29. The smallest absolute Gasteiger partial charge is 0.153 e. The number of nitrogens with zero attached hydrogens (tertiary/aromatic N) is 6. The third-order valence-electron chi connectivity index (χ3n) is 7.82. The van der Waals surface area contributed by atoms with E-state index >= 15 is 0 Å². The number of hydrogen-bond donors (Lipinski definition) is 1. The van der Waals surface area contributed by atoms with Crippen LogP contribution in [0.25, 0.3) is 16.6 Å². The Labute approximate surface area is 181 Å². The summed E-state index contributed by atoms with van der Waals surface area (Å²) in [6.07, 6.45) is 7.64. The van der Waals surface area contributed by atoms with E-state index in [2.05, 4.69) is 44.5 Å². The maximum absolute atomic E-state index is 10.5. The fourth-order valence-electron chi connectivity index (χ4n) is 6.05. The molecule has 2 aliphatic heterocycles. The molecule has 31 heavy (non-hydrogen) atoms. The first-order chi connectivity index (χ1) is 14.9. The lowest BCUT2D eigenvalue weighted by Crippen LogP contribution is -2.50. The topological polar surface area (TPSA) is 90.9 Å². The second-order valence-corrected chi connectivity index (χ2v) is 10.0. The van der Waals surface area contributed by atoms with Gasteiger partial charge >= 0.3 is 0 Å². The van der Waals surface area contributed by atoms with E-state index in [0.717, 1.165) is 60.2 Å². The van der Waals surface area contributed by atoms with Crippen LogP contribution in [0, 0.1) is 23.2 Å². The Kier molecular flexibility index (Phi) is 3.79. The van der Waals surface area contributed by atoms with E-state index in [9.17, 15) is 10.4 Å². The Morgan fingerprint density at radius 1 is 1.23 bits per heavy atom. The van der Waals surface area contributed by atoms with E-state index in [1.165, 1.54) is 0 Å². The van der Waals surface area contributed by atoms with Gasteiger partial charge in [0, 0.05) is 30.0 Å². The van der Waals surface area contributed by atoms with Crippen LogP contribution < -0.4 is 4.90 Å². The highest BCUT2D eigenvalue weighted by Gasteiger charge is 2.57. The standard InChI is InChI=1S/C24H26N6O/c1-23(2,31)22-16-8-20(22)29(13-16)21-10-18(12-26-28-21)30-19-9-17(5-4-15(19)11-27-30)24(14-25)6-3-7-24/h4-5,9-12,16,20,22,31H,3,6-8,13H2,1-2H3. The summed E-state index contributed by atoms with van der Waals surface area (Å²) in [5.41, 5.74) is 1.89. The summed E-state index contributed by atoms with van der Waals surface area (Å²) in [6.45, 7) is 4.73. The second-order valence-electron chi connectivity index (χ2n) is 10.0. The second kappa shape index (κ2) is 6.27. The van der Waals surface area contributed by atoms with E-state index in [4.69, 9.17) is 0 Å². The van der Waals surface area contributed by atoms with Crippen LogP contribution in [0.5, 0.6) is 0 Å². The molecular weight excluding hydrogens is 388 g/mol. The van der Waals surface area contributed by atoms with Gasteiger partial charge in [-0.1, -0.05) is 12.1 Å². The molecule has 4 fully saturated rings. The van der Waals surface area contributed by atoms with E-state index in [1.807, 2.05) is 30.8 Å². The molecule has 7 heteroatoms. The molecule has 0 amide bonds. The van der Waals surface area contributed by atoms with Gasteiger partial charge in [0.2, 0.25) is 0 Å². The molecule has 3 unspecified atom stereocenters. The zero-order valence-corrected chi connectivity index (χ0v) is 17.9. The van der Waals surface area contributed by atoms with Crippen LogP contribution in [0.1, 0.15) is 45.1 Å². The molecule has 0 spiro atoms. The Morgan fingerprint density at radius 3 is 2.74 bits per heavy atom. The van der Waals surface area contributed by atoms with Crippen molar-refractivity contribution in [1.29, 1.82) is 5.26 Å². The van der Waals surface area contributed by atoms with E-state index < -0.39 is 5.60 Å². The average molecular weight is 415 g/mol. The van der Waals surface area contributed by atoms with Gasteiger partial charge in [-0.25, -0.2) is 4.68 Å². The molecule has 2 aliphatic carbocycles. The average Bonchev–Trinajstić information content (AvgIpc) is 3.40. The fraction of sp³-hybridized carbons (Fsp3) is 0.500. The van der Waals surface area contributed by atoms with Gasteiger partial charge in [0.25, 0.3) is 0 Å². The molecule has 2 saturated heterocycles. The first-order valence-electron chi connectivity index (χ1n) is 11.1. The largest absolute Gasteiger partial charge is 0.390 e. The minimum absolute atomic E-state index is 0.274. The van der Waals surface area contributed by atoms with Gasteiger partial charge in [0.15, 0.2) is 5.82 Å². The molecule has 2 bridgehead atoms. The molecule has 7 nitrogen and oxygen atoms in total. The minimum atomic E-state index is -0.680. The van der Waals surface area contributed by atoms with Crippen molar-refractivity contribution < 1.29 is 5.11 Å². The number of anilines is 1.